The number of halogens is 1. The SMILES string of the molecule is CC(=O)OI1c2ccccc2C(=O)N1CC(C)(C)C. The number of fused-ring (bicyclic) bond motifs is 1. The molecular weight excluding hydrogens is 357 g/mol. The van der Waals surface area contributed by atoms with Crippen LogP contribution in [0.2, 0.25) is 0 Å². The van der Waals surface area contributed by atoms with Gasteiger partial charge < -0.3 is 0 Å². The summed E-state index contributed by atoms with van der Waals surface area (Å²) in [6.07, 6.45) is 0. The van der Waals surface area contributed by atoms with Crippen molar-refractivity contribution in [3.63, 3.8) is 0 Å². The monoisotopic (exact) mass is 375 g/mol. The maximum atomic E-state index is 12.4. The fourth-order valence-corrected chi connectivity index (χ4v) is 6.92. The molecule has 0 unspecified atom stereocenters. The van der Waals surface area contributed by atoms with E-state index in [1.807, 2.05) is 24.3 Å². The fourth-order valence-electron chi connectivity index (χ4n) is 1.81. The third-order valence-corrected chi connectivity index (χ3v) is 7.29. The van der Waals surface area contributed by atoms with E-state index in [1.165, 1.54) is 6.92 Å². The maximum absolute atomic E-state index is 12.4. The molecule has 0 saturated heterocycles. The number of carbonyl (C=O) groups is 2. The van der Waals surface area contributed by atoms with E-state index < -0.39 is 20.5 Å². The van der Waals surface area contributed by atoms with Crippen molar-refractivity contribution in [1.82, 2.24) is 3.11 Å². The molecule has 1 aliphatic heterocycles. The molecule has 19 heavy (non-hydrogen) atoms. The Morgan fingerprint density at radius 2 is 1.95 bits per heavy atom. The summed E-state index contributed by atoms with van der Waals surface area (Å²) < 4.78 is 8.20. The molecule has 5 heteroatoms. The van der Waals surface area contributed by atoms with Gasteiger partial charge in [0.15, 0.2) is 0 Å². The van der Waals surface area contributed by atoms with E-state index in [0.29, 0.717) is 12.1 Å². The van der Waals surface area contributed by atoms with Crippen molar-refractivity contribution in [2.75, 3.05) is 6.54 Å². The molecule has 1 aliphatic rings. The Morgan fingerprint density at radius 1 is 1.32 bits per heavy atom. The Kier molecular flexibility index (Phi) is 3.85. The van der Waals surface area contributed by atoms with E-state index in [-0.39, 0.29) is 17.3 Å². The quantitative estimate of drug-likeness (QED) is 0.589. The van der Waals surface area contributed by atoms with Crippen LogP contribution in [0.15, 0.2) is 24.3 Å². The van der Waals surface area contributed by atoms with Crippen LogP contribution in [-0.4, -0.2) is 21.5 Å². The third-order valence-electron chi connectivity index (χ3n) is 2.48. The third kappa shape index (κ3) is 3.08. The summed E-state index contributed by atoms with van der Waals surface area (Å²) >= 11 is -2.38. The van der Waals surface area contributed by atoms with Gasteiger partial charge in [-0.05, 0) is 0 Å². The van der Waals surface area contributed by atoms with E-state index in [1.54, 1.807) is 3.11 Å². The zero-order valence-corrected chi connectivity index (χ0v) is 13.7. The van der Waals surface area contributed by atoms with Gasteiger partial charge in [-0.2, -0.15) is 0 Å². The molecule has 0 aromatic heterocycles. The molecule has 0 spiro atoms. The minimum atomic E-state index is -2.38. The van der Waals surface area contributed by atoms with E-state index >= 15 is 0 Å². The molecule has 0 saturated carbocycles. The van der Waals surface area contributed by atoms with Gasteiger partial charge in [0, 0.05) is 0 Å². The first kappa shape index (κ1) is 14.3. The minimum absolute atomic E-state index is 0.00280. The van der Waals surface area contributed by atoms with Gasteiger partial charge in [0.05, 0.1) is 0 Å². The summed E-state index contributed by atoms with van der Waals surface area (Å²) in [5, 5.41) is 0. The molecule has 0 radical (unpaired) electrons. The predicted molar refractivity (Wildman–Crippen MR) is 81.4 cm³/mol. The van der Waals surface area contributed by atoms with Crippen LogP contribution in [0.25, 0.3) is 0 Å². The van der Waals surface area contributed by atoms with Crippen molar-refractivity contribution in [3.05, 3.63) is 33.4 Å². The van der Waals surface area contributed by atoms with Crippen LogP contribution < -0.4 is 0 Å². The number of hydrogen-bond acceptors (Lipinski definition) is 3. The molecule has 0 bridgehead atoms. The first-order chi connectivity index (χ1) is 8.79. The second-order valence-corrected chi connectivity index (χ2v) is 9.75. The normalized spacial score (nSPS) is 16.5. The first-order valence-corrected chi connectivity index (χ1v) is 9.02. The van der Waals surface area contributed by atoms with Gasteiger partial charge in [0.25, 0.3) is 0 Å². The molecular formula is C14H18INO3. The predicted octanol–water partition coefficient (Wildman–Crippen LogP) is 3.26. The van der Waals surface area contributed by atoms with Crippen molar-refractivity contribution in [1.29, 1.82) is 0 Å². The van der Waals surface area contributed by atoms with Gasteiger partial charge in [-0.25, -0.2) is 0 Å². The number of nitrogens with zero attached hydrogens (tertiary/aromatic N) is 1. The first-order valence-electron chi connectivity index (χ1n) is 6.10. The zero-order valence-electron chi connectivity index (χ0n) is 11.6. The summed E-state index contributed by atoms with van der Waals surface area (Å²) in [6, 6.07) is 7.46. The van der Waals surface area contributed by atoms with Crippen LogP contribution in [0.3, 0.4) is 0 Å². The number of benzene rings is 1. The van der Waals surface area contributed by atoms with Crippen LogP contribution >= 0.6 is 20.5 Å². The fraction of sp³-hybridized carbons (Fsp3) is 0.429. The van der Waals surface area contributed by atoms with Crippen LogP contribution in [0.1, 0.15) is 38.1 Å². The summed E-state index contributed by atoms with van der Waals surface area (Å²) in [4.78, 5) is 23.7. The Morgan fingerprint density at radius 3 is 2.53 bits per heavy atom. The number of amides is 1. The molecule has 1 heterocycles. The Hall–Kier alpha value is -1.11. The zero-order chi connectivity index (χ0) is 14.2. The Balaban J connectivity index is 2.38. The average Bonchev–Trinajstić information content (AvgIpc) is 2.53. The summed E-state index contributed by atoms with van der Waals surface area (Å²) in [6.45, 7) is 8.24. The number of rotatable bonds is 2. The topological polar surface area (TPSA) is 46.6 Å². The van der Waals surface area contributed by atoms with Gasteiger partial charge in [0.2, 0.25) is 0 Å². The van der Waals surface area contributed by atoms with Crippen molar-refractivity contribution >= 4 is 32.4 Å². The average molecular weight is 375 g/mol. The number of hydrogen-bond donors (Lipinski definition) is 0. The second kappa shape index (κ2) is 5.11. The van der Waals surface area contributed by atoms with E-state index in [4.69, 9.17) is 3.07 Å². The van der Waals surface area contributed by atoms with E-state index in [9.17, 15) is 9.59 Å². The van der Waals surface area contributed by atoms with Crippen LogP contribution in [0.5, 0.6) is 0 Å². The van der Waals surface area contributed by atoms with Crippen LogP contribution in [0, 0.1) is 8.99 Å². The number of carbonyl (C=O) groups excluding carboxylic acids is 2. The van der Waals surface area contributed by atoms with Crippen LogP contribution in [-0.2, 0) is 7.86 Å². The Labute approximate surface area is 121 Å². The van der Waals surface area contributed by atoms with Crippen molar-refractivity contribution in [2.45, 2.75) is 27.7 Å². The van der Waals surface area contributed by atoms with Gasteiger partial charge in [-0.1, -0.05) is 0 Å². The summed E-state index contributed by atoms with van der Waals surface area (Å²) in [7, 11) is 0. The van der Waals surface area contributed by atoms with Gasteiger partial charge in [-0.15, -0.1) is 0 Å². The van der Waals surface area contributed by atoms with Gasteiger partial charge >= 0.3 is 121 Å². The molecule has 0 aliphatic carbocycles. The summed E-state index contributed by atoms with van der Waals surface area (Å²) in [5.74, 6) is -0.314. The second-order valence-electron chi connectivity index (χ2n) is 5.67. The van der Waals surface area contributed by atoms with Crippen LogP contribution in [0.4, 0.5) is 0 Å². The van der Waals surface area contributed by atoms with Crippen molar-refractivity contribution in [2.24, 2.45) is 5.41 Å². The van der Waals surface area contributed by atoms with Gasteiger partial charge in [0.1, 0.15) is 0 Å². The summed E-state index contributed by atoms with van der Waals surface area (Å²) in [5.41, 5.74) is 0.673. The van der Waals surface area contributed by atoms with Gasteiger partial charge in [-0.3, -0.25) is 0 Å². The van der Waals surface area contributed by atoms with E-state index in [0.717, 1.165) is 3.57 Å². The molecule has 0 N–H and O–H groups in total. The van der Waals surface area contributed by atoms with E-state index in [2.05, 4.69) is 20.8 Å². The molecule has 2 rings (SSSR count). The molecule has 0 atom stereocenters. The molecule has 1 aromatic rings. The molecule has 4 nitrogen and oxygen atoms in total. The Bertz CT molecular complexity index is 522. The molecule has 1 amide bonds. The standard InChI is InChI=1S/C14H18INO3/c1-10(17)19-15-12-8-6-5-7-11(12)13(18)16(15)9-14(2,3)4/h5-8H,9H2,1-4H3. The molecule has 0 fully saturated rings. The molecule has 1 aromatic carbocycles. The van der Waals surface area contributed by atoms with Crippen molar-refractivity contribution in [3.8, 4) is 0 Å². The molecule has 104 valence electrons. The van der Waals surface area contributed by atoms with Crippen molar-refractivity contribution < 1.29 is 12.7 Å².